The van der Waals surface area contributed by atoms with Crippen molar-refractivity contribution in [2.24, 2.45) is 5.41 Å². The van der Waals surface area contributed by atoms with Gasteiger partial charge in [0.15, 0.2) is 0 Å². The van der Waals surface area contributed by atoms with Gasteiger partial charge < -0.3 is 15.3 Å². The van der Waals surface area contributed by atoms with Gasteiger partial charge in [0.05, 0.1) is 5.41 Å². The first-order valence-corrected chi connectivity index (χ1v) is 7.52. The molecule has 120 valence electrons. The molecule has 1 aliphatic heterocycles. The number of nitrogens with one attached hydrogen (secondary N) is 1. The Balaban J connectivity index is 2.00. The molecule has 0 aromatic heterocycles. The molecule has 0 aliphatic carbocycles. The van der Waals surface area contributed by atoms with Gasteiger partial charge >= 0.3 is 12.0 Å². The van der Waals surface area contributed by atoms with E-state index in [-0.39, 0.29) is 18.0 Å². The number of likely N-dealkylation sites (tertiary alicyclic amines) is 1. The van der Waals surface area contributed by atoms with E-state index in [9.17, 15) is 14.7 Å². The van der Waals surface area contributed by atoms with Crippen LogP contribution in [0.25, 0.3) is 0 Å². The first-order chi connectivity index (χ1) is 10.1. The highest BCUT2D eigenvalue weighted by Crippen LogP contribution is 2.30. The van der Waals surface area contributed by atoms with E-state index in [4.69, 9.17) is 0 Å². The molecule has 1 aromatic carbocycles. The minimum absolute atomic E-state index is 0.0702. The summed E-state index contributed by atoms with van der Waals surface area (Å²) < 4.78 is 0. The topological polar surface area (TPSA) is 69.6 Å². The lowest BCUT2D eigenvalue weighted by Gasteiger charge is -2.21. The third kappa shape index (κ3) is 3.40. The number of hydrogen-bond acceptors (Lipinski definition) is 2. The maximum Gasteiger partial charge on any atom is 0.321 e. The number of benzene rings is 1. The maximum atomic E-state index is 12.2. The largest absolute Gasteiger partial charge is 0.481 e. The van der Waals surface area contributed by atoms with Gasteiger partial charge in [0, 0.05) is 18.8 Å². The molecule has 1 heterocycles. The number of urea groups is 1. The molecule has 2 amide bonds. The lowest BCUT2D eigenvalue weighted by Crippen LogP contribution is -2.37. The van der Waals surface area contributed by atoms with E-state index in [1.807, 2.05) is 24.3 Å². The van der Waals surface area contributed by atoms with Crippen molar-refractivity contribution in [3.05, 3.63) is 29.8 Å². The highest BCUT2D eigenvalue weighted by molar-refractivity contribution is 5.90. The lowest BCUT2D eigenvalue weighted by molar-refractivity contribution is -0.146. The van der Waals surface area contributed by atoms with Crippen molar-refractivity contribution in [3.8, 4) is 0 Å². The Labute approximate surface area is 131 Å². The Morgan fingerprint density at radius 3 is 2.27 bits per heavy atom. The van der Waals surface area contributed by atoms with Crippen molar-refractivity contribution in [1.82, 2.24) is 4.90 Å². The van der Waals surface area contributed by atoms with E-state index in [0.717, 1.165) is 5.69 Å². The fraction of sp³-hybridized carbons (Fsp3) is 0.529. The van der Waals surface area contributed by atoms with Crippen LogP contribution >= 0.6 is 0 Å². The van der Waals surface area contributed by atoms with Crippen molar-refractivity contribution < 1.29 is 14.7 Å². The zero-order chi connectivity index (χ0) is 16.5. The summed E-state index contributed by atoms with van der Waals surface area (Å²) in [6, 6.07) is 7.52. The van der Waals surface area contributed by atoms with E-state index in [2.05, 4.69) is 26.1 Å². The predicted octanol–water partition coefficient (Wildman–Crippen LogP) is 3.31. The molecule has 5 heteroatoms. The molecule has 1 fully saturated rings. The number of carbonyl (C=O) groups is 2. The molecular weight excluding hydrogens is 280 g/mol. The zero-order valence-electron chi connectivity index (χ0n) is 13.6. The normalized spacial score (nSPS) is 21.7. The average Bonchev–Trinajstić information content (AvgIpc) is 2.82. The molecule has 1 saturated heterocycles. The van der Waals surface area contributed by atoms with Gasteiger partial charge in [-0.15, -0.1) is 0 Å². The third-order valence-electron chi connectivity index (χ3n) is 4.28. The van der Waals surface area contributed by atoms with Gasteiger partial charge in [-0.25, -0.2) is 4.79 Å². The number of carboxylic acids is 1. The number of rotatable bonds is 2. The summed E-state index contributed by atoms with van der Waals surface area (Å²) in [7, 11) is 0. The fourth-order valence-corrected chi connectivity index (χ4v) is 2.57. The van der Waals surface area contributed by atoms with Crippen LogP contribution in [-0.2, 0) is 10.2 Å². The van der Waals surface area contributed by atoms with Crippen LogP contribution in [0.2, 0.25) is 0 Å². The van der Waals surface area contributed by atoms with Crippen molar-refractivity contribution in [2.45, 2.75) is 39.5 Å². The lowest BCUT2D eigenvalue weighted by atomic mass is 9.87. The fourth-order valence-electron chi connectivity index (χ4n) is 2.57. The summed E-state index contributed by atoms with van der Waals surface area (Å²) in [6.45, 7) is 8.80. The first kappa shape index (κ1) is 16.3. The molecule has 1 aliphatic rings. The van der Waals surface area contributed by atoms with Crippen molar-refractivity contribution in [2.75, 3.05) is 18.4 Å². The number of anilines is 1. The van der Waals surface area contributed by atoms with Gasteiger partial charge in [0.2, 0.25) is 0 Å². The Bertz CT molecular complexity index is 575. The second kappa shape index (κ2) is 5.63. The SMILES string of the molecule is CC1(C(=O)O)CCN(C(=O)Nc2ccc(C(C)(C)C)cc2)C1. The Hall–Kier alpha value is -2.04. The van der Waals surface area contributed by atoms with Crippen LogP contribution in [0, 0.1) is 5.41 Å². The molecule has 0 saturated carbocycles. The standard InChI is InChI=1S/C17H24N2O3/c1-16(2,3)12-5-7-13(8-6-12)18-15(22)19-10-9-17(4,11-19)14(20)21/h5-8H,9-11H2,1-4H3,(H,18,22)(H,20,21). The second-order valence-corrected chi connectivity index (χ2v) is 7.29. The Morgan fingerprint density at radius 2 is 1.82 bits per heavy atom. The molecule has 0 radical (unpaired) electrons. The zero-order valence-corrected chi connectivity index (χ0v) is 13.6. The number of amides is 2. The van der Waals surface area contributed by atoms with Crippen LogP contribution < -0.4 is 5.32 Å². The summed E-state index contributed by atoms with van der Waals surface area (Å²) in [4.78, 5) is 25.0. The van der Waals surface area contributed by atoms with E-state index in [1.54, 1.807) is 11.8 Å². The maximum absolute atomic E-state index is 12.2. The van der Waals surface area contributed by atoms with E-state index < -0.39 is 11.4 Å². The van der Waals surface area contributed by atoms with Gasteiger partial charge in [-0.1, -0.05) is 32.9 Å². The molecule has 1 atom stereocenters. The number of nitrogens with zero attached hydrogens (tertiary/aromatic N) is 1. The quantitative estimate of drug-likeness (QED) is 0.880. The Kier molecular flexibility index (Phi) is 4.18. The molecule has 22 heavy (non-hydrogen) atoms. The molecule has 0 spiro atoms. The first-order valence-electron chi connectivity index (χ1n) is 7.52. The molecule has 1 unspecified atom stereocenters. The summed E-state index contributed by atoms with van der Waals surface area (Å²) in [6.07, 6.45) is 0.485. The second-order valence-electron chi connectivity index (χ2n) is 7.29. The Morgan fingerprint density at radius 1 is 1.23 bits per heavy atom. The van der Waals surface area contributed by atoms with Gasteiger partial charge in [0.25, 0.3) is 0 Å². The van der Waals surface area contributed by atoms with Crippen LogP contribution in [0.3, 0.4) is 0 Å². The van der Waals surface area contributed by atoms with Crippen LogP contribution in [0.5, 0.6) is 0 Å². The van der Waals surface area contributed by atoms with Gasteiger partial charge in [0.1, 0.15) is 0 Å². The number of aliphatic carboxylic acids is 1. The summed E-state index contributed by atoms with van der Waals surface area (Å²) in [5, 5.41) is 12.0. The average molecular weight is 304 g/mol. The highest BCUT2D eigenvalue weighted by Gasteiger charge is 2.42. The van der Waals surface area contributed by atoms with Crippen LogP contribution in [0.15, 0.2) is 24.3 Å². The van der Waals surface area contributed by atoms with Crippen molar-refractivity contribution >= 4 is 17.7 Å². The molecule has 2 rings (SSSR count). The van der Waals surface area contributed by atoms with E-state index in [1.165, 1.54) is 5.56 Å². The summed E-state index contributed by atoms with van der Waals surface area (Å²) in [5.74, 6) is -0.850. The van der Waals surface area contributed by atoms with Crippen LogP contribution in [-0.4, -0.2) is 35.1 Å². The minimum Gasteiger partial charge on any atom is -0.481 e. The molecule has 1 aromatic rings. The van der Waals surface area contributed by atoms with Crippen LogP contribution in [0.4, 0.5) is 10.5 Å². The number of carboxylic acid groups (broad SMARTS) is 1. The van der Waals surface area contributed by atoms with E-state index in [0.29, 0.717) is 13.0 Å². The molecule has 5 nitrogen and oxygen atoms in total. The van der Waals surface area contributed by atoms with Crippen molar-refractivity contribution in [3.63, 3.8) is 0 Å². The van der Waals surface area contributed by atoms with Gasteiger partial charge in [-0.2, -0.15) is 0 Å². The van der Waals surface area contributed by atoms with E-state index >= 15 is 0 Å². The van der Waals surface area contributed by atoms with Gasteiger partial charge in [-0.05, 0) is 36.5 Å². The summed E-state index contributed by atoms with van der Waals surface area (Å²) >= 11 is 0. The number of carbonyl (C=O) groups excluding carboxylic acids is 1. The smallest absolute Gasteiger partial charge is 0.321 e. The van der Waals surface area contributed by atoms with Crippen LogP contribution in [0.1, 0.15) is 39.7 Å². The predicted molar refractivity (Wildman–Crippen MR) is 86.1 cm³/mol. The summed E-state index contributed by atoms with van der Waals surface area (Å²) in [5.41, 5.74) is 1.15. The molecule has 2 N–H and O–H groups in total. The molecule has 0 bridgehead atoms. The third-order valence-corrected chi connectivity index (χ3v) is 4.28. The number of hydrogen-bond donors (Lipinski definition) is 2. The van der Waals surface area contributed by atoms with Crippen molar-refractivity contribution in [1.29, 1.82) is 0 Å². The highest BCUT2D eigenvalue weighted by atomic mass is 16.4. The minimum atomic E-state index is -0.850. The monoisotopic (exact) mass is 304 g/mol. The van der Waals surface area contributed by atoms with Gasteiger partial charge in [-0.3, -0.25) is 4.79 Å². The molecular formula is C17H24N2O3.